The summed E-state index contributed by atoms with van der Waals surface area (Å²) < 4.78 is 29.1. The van der Waals surface area contributed by atoms with Crippen LogP contribution in [0.1, 0.15) is 32.1 Å². The van der Waals surface area contributed by atoms with Gasteiger partial charge in [-0.15, -0.1) is 10.2 Å². The SMILES string of the molecule is COCCCc1nnc(S(=O)(=O)Cl)n1C(C)C. The first-order chi connectivity index (χ1) is 7.88. The molecular weight excluding hydrogens is 266 g/mol. The predicted molar refractivity (Wildman–Crippen MR) is 63.6 cm³/mol. The summed E-state index contributed by atoms with van der Waals surface area (Å²) in [6.45, 7) is 4.30. The fourth-order valence-corrected chi connectivity index (χ4v) is 2.54. The summed E-state index contributed by atoms with van der Waals surface area (Å²) in [4.78, 5) is 0. The Balaban J connectivity index is 3.03. The molecule has 0 saturated carbocycles. The van der Waals surface area contributed by atoms with E-state index in [-0.39, 0.29) is 11.2 Å². The van der Waals surface area contributed by atoms with E-state index in [2.05, 4.69) is 10.2 Å². The maximum Gasteiger partial charge on any atom is 0.296 e. The normalized spacial score (nSPS) is 12.3. The zero-order valence-electron chi connectivity index (χ0n) is 10.1. The molecule has 0 unspecified atom stereocenters. The maximum absolute atomic E-state index is 11.3. The molecule has 0 fully saturated rings. The molecule has 6 nitrogen and oxygen atoms in total. The third-order valence-corrected chi connectivity index (χ3v) is 3.35. The first-order valence-corrected chi connectivity index (χ1v) is 7.56. The van der Waals surface area contributed by atoms with E-state index in [1.54, 1.807) is 7.11 Å². The molecule has 1 heterocycles. The van der Waals surface area contributed by atoms with Crippen LogP contribution in [0.15, 0.2) is 5.16 Å². The van der Waals surface area contributed by atoms with Crippen molar-refractivity contribution in [3.8, 4) is 0 Å². The molecule has 1 rings (SSSR count). The summed E-state index contributed by atoms with van der Waals surface area (Å²) in [5, 5.41) is 7.32. The highest BCUT2D eigenvalue weighted by molar-refractivity contribution is 8.13. The summed E-state index contributed by atoms with van der Waals surface area (Å²) in [5.41, 5.74) is 0. The molecule has 17 heavy (non-hydrogen) atoms. The van der Waals surface area contributed by atoms with Crippen molar-refractivity contribution in [2.75, 3.05) is 13.7 Å². The van der Waals surface area contributed by atoms with Gasteiger partial charge in [-0.05, 0) is 20.3 Å². The van der Waals surface area contributed by atoms with E-state index < -0.39 is 9.05 Å². The Morgan fingerprint density at radius 2 is 2.06 bits per heavy atom. The molecule has 0 aliphatic rings. The third kappa shape index (κ3) is 3.65. The van der Waals surface area contributed by atoms with E-state index in [9.17, 15) is 8.42 Å². The van der Waals surface area contributed by atoms with Crippen LogP contribution in [0.2, 0.25) is 0 Å². The van der Waals surface area contributed by atoms with Crippen molar-refractivity contribution in [3.05, 3.63) is 5.82 Å². The van der Waals surface area contributed by atoms with Crippen molar-refractivity contribution in [3.63, 3.8) is 0 Å². The number of nitrogens with zero attached hydrogens (tertiary/aromatic N) is 3. The molecule has 98 valence electrons. The molecule has 0 saturated heterocycles. The van der Waals surface area contributed by atoms with Crippen LogP contribution in [-0.2, 0) is 20.2 Å². The van der Waals surface area contributed by atoms with E-state index in [4.69, 9.17) is 15.4 Å². The van der Waals surface area contributed by atoms with Gasteiger partial charge in [0.2, 0.25) is 0 Å². The fraction of sp³-hybridized carbons (Fsp3) is 0.778. The van der Waals surface area contributed by atoms with E-state index in [1.807, 2.05) is 13.8 Å². The molecule has 0 spiro atoms. The highest BCUT2D eigenvalue weighted by atomic mass is 35.7. The predicted octanol–water partition coefficient (Wildman–Crippen LogP) is 1.37. The molecule has 1 aromatic rings. The number of hydrogen-bond donors (Lipinski definition) is 0. The van der Waals surface area contributed by atoms with Crippen molar-refractivity contribution in [1.29, 1.82) is 0 Å². The smallest absolute Gasteiger partial charge is 0.296 e. The topological polar surface area (TPSA) is 74.1 Å². The van der Waals surface area contributed by atoms with E-state index in [0.29, 0.717) is 18.9 Å². The van der Waals surface area contributed by atoms with E-state index in [1.165, 1.54) is 4.57 Å². The summed E-state index contributed by atoms with van der Waals surface area (Å²) in [6.07, 6.45) is 1.36. The Labute approximate surface area is 105 Å². The number of aryl methyl sites for hydroxylation is 1. The van der Waals surface area contributed by atoms with Gasteiger partial charge < -0.3 is 4.74 Å². The molecule has 0 N–H and O–H groups in total. The fourth-order valence-electron chi connectivity index (χ4n) is 1.54. The minimum atomic E-state index is -3.86. The zero-order valence-corrected chi connectivity index (χ0v) is 11.6. The monoisotopic (exact) mass is 281 g/mol. The Hall–Kier alpha value is -0.660. The zero-order chi connectivity index (χ0) is 13.1. The van der Waals surface area contributed by atoms with Crippen LogP contribution >= 0.6 is 10.7 Å². The molecule has 1 aromatic heterocycles. The first-order valence-electron chi connectivity index (χ1n) is 5.25. The van der Waals surface area contributed by atoms with Gasteiger partial charge in [-0.1, -0.05) is 0 Å². The average Bonchev–Trinajstić information content (AvgIpc) is 2.61. The number of hydrogen-bond acceptors (Lipinski definition) is 5. The number of ether oxygens (including phenoxy) is 1. The summed E-state index contributed by atoms with van der Waals surface area (Å²) in [6, 6.07) is -0.0638. The van der Waals surface area contributed by atoms with Crippen LogP contribution < -0.4 is 0 Å². The number of rotatable bonds is 6. The molecule has 8 heteroatoms. The minimum absolute atomic E-state index is 0.0638. The van der Waals surface area contributed by atoms with Gasteiger partial charge >= 0.3 is 0 Å². The van der Waals surface area contributed by atoms with Gasteiger partial charge in [-0.25, -0.2) is 8.42 Å². The molecule has 0 aromatic carbocycles. The summed E-state index contributed by atoms with van der Waals surface area (Å²) in [7, 11) is 3.06. The van der Waals surface area contributed by atoms with E-state index >= 15 is 0 Å². The Kier molecular flexibility index (Phi) is 4.91. The lowest BCUT2D eigenvalue weighted by Crippen LogP contribution is -2.12. The molecule has 0 amide bonds. The maximum atomic E-state index is 11.3. The number of halogens is 1. The Morgan fingerprint density at radius 3 is 2.53 bits per heavy atom. The first kappa shape index (κ1) is 14.4. The quantitative estimate of drug-likeness (QED) is 0.581. The van der Waals surface area contributed by atoms with Crippen molar-refractivity contribution < 1.29 is 13.2 Å². The summed E-state index contributed by atoms with van der Waals surface area (Å²) in [5.74, 6) is 0.608. The highest BCUT2D eigenvalue weighted by Gasteiger charge is 2.23. The minimum Gasteiger partial charge on any atom is -0.385 e. The van der Waals surface area contributed by atoms with Gasteiger partial charge in [0.05, 0.1) is 0 Å². The highest BCUT2D eigenvalue weighted by Crippen LogP contribution is 2.19. The molecular formula is C9H16ClN3O3S. The van der Waals surface area contributed by atoms with Gasteiger partial charge in [-0.3, -0.25) is 4.57 Å². The molecule has 0 atom stereocenters. The molecule has 0 aliphatic carbocycles. The number of aromatic nitrogens is 3. The van der Waals surface area contributed by atoms with Crippen LogP contribution in [-0.4, -0.2) is 36.9 Å². The molecule has 0 bridgehead atoms. The lowest BCUT2D eigenvalue weighted by molar-refractivity contribution is 0.194. The average molecular weight is 282 g/mol. The van der Waals surface area contributed by atoms with Crippen molar-refractivity contribution in [1.82, 2.24) is 14.8 Å². The van der Waals surface area contributed by atoms with Crippen LogP contribution in [0, 0.1) is 0 Å². The van der Waals surface area contributed by atoms with Gasteiger partial charge in [0.1, 0.15) is 5.82 Å². The lowest BCUT2D eigenvalue weighted by atomic mass is 10.3. The van der Waals surface area contributed by atoms with Crippen molar-refractivity contribution >= 4 is 19.7 Å². The number of methoxy groups -OCH3 is 1. The molecule has 0 aliphatic heterocycles. The van der Waals surface area contributed by atoms with Crippen LogP contribution in [0.3, 0.4) is 0 Å². The second-order valence-electron chi connectivity index (χ2n) is 3.90. The van der Waals surface area contributed by atoms with Crippen molar-refractivity contribution in [2.24, 2.45) is 0 Å². The van der Waals surface area contributed by atoms with Gasteiger partial charge in [0.15, 0.2) is 0 Å². The second-order valence-corrected chi connectivity index (χ2v) is 6.36. The van der Waals surface area contributed by atoms with Crippen LogP contribution in [0.25, 0.3) is 0 Å². The van der Waals surface area contributed by atoms with Crippen LogP contribution in [0.5, 0.6) is 0 Å². The summed E-state index contributed by atoms with van der Waals surface area (Å²) >= 11 is 0. The largest absolute Gasteiger partial charge is 0.385 e. The third-order valence-electron chi connectivity index (χ3n) is 2.22. The van der Waals surface area contributed by atoms with Crippen molar-refractivity contribution in [2.45, 2.75) is 37.9 Å². The Morgan fingerprint density at radius 1 is 1.41 bits per heavy atom. The van der Waals surface area contributed by atoms with Gasteiger partial charge in [0, 0.05) is 36.9 Å². The molecule has 0 radical (unpaired) electrons. The second kappa shape index (κ2) is 5.79. The Bertz CT molecular complexity index is 470. The lowest BCUT2D eigenvalue weighted by Gasteiger charge is -2.12. The van der Waals surface area contributed by atoms with Gasteiger partial charge in [0.25, 0.3) is 14.2 Å². The van der Waals surface area contributed by atoms with E-state index in [0.717, 1.165) is 6.42 Å². The van der Waals surface area contributed by atoms with Crippen LogP contribution in [0.4, 0.5) is 0 Å². The van der Waals surface area contributed by atoms with Gasteiger partial charge in [-0.2, -0.15) is 0 Å². The standard InChI is InChI=1S/C9H16ClN3O3S/c1-7(2)13-8(5-4-6-16-3)11-12-9(13)17(10,14)15/h7H,4-6H2,1-3H3.